The van der Waals surface area contributed by atoms with Crippen LogP contribution >= 0.6 is 0 Å². The van der Waals surface area contributed by atoms with Crippen molar-refractivity contribution in [3.8, 4) is 0 Å². The van der Waals surface area contributed by atoms with Crippen LogP contribution in [0.5, 0.6) is 0 Å². The van der Waals surface area contributed by atoms with Gasteiger partial charge in [-0.2, -0.15) is 0 Å². The second-order valence-electron chi connectivity index (χ2n) is 8.42. The lowest BCUT2D eigenvalue weighted by Gasteiger charge is -2.29. The maximum atomic E-state index is 12.8. The predicted molar refractivity (Wildman–Crippen MR) is 107 cm³/mol. The zero-order chi connectivity index (χ0) is 21.2. The third-order valence-electron chi connectivity index (χ3n) is 5.21. The zero-order valence-corrected chi connectivity index (χ0v) is 18.1. The van der Waals surface area contributed by atoms with Gasteiger partial charge in [0.05, 0.1) is 12.2 Å². The Balaban J connectivity index is 1.72. The van der Waals surface area contributed by atoms with Gasteiger partial charge in [0.25, 0.3) is 0 Å². The number of fused-ring (bicyclic) bond motifs is 1. The van der Waals surface area contributed by atoms with E-state index in [2.05, 4.69) is 5.32 Å². The number of methoxy groups -OCH3 is 1. The van der Waals surface area contributed by atoms with E-state index in [0.717, 1.165) is 5.56 Å². The Labute approximate surface area is 173 Å². The highest BCUT2D eigenvalue weighted by atomic mass is 16.8. The summed E-state index contributed by atoms with van der Waals surface area (Å²) < 4.78 is 29.0. The summed E-state index contributed by atoms with van der Waals surface area (Å²) in [5, 5.41) is 3.40. The van der Waals surface area contributed by atoms with Gasteiger partial charge >= 0.3 is 5.97 Å². The minimum absolute atomic E-state index is 0.0331. The van der Waals surface area contributed by atoms with Crippen molar-refractivity contribution in [3.63, 3.8) is 0 Å². The summed E-state index contributed by atoms with van der Waals surface area (Å²) in [6.45, 7) is 9.41. The number of ether oxygens (including phenoxy) is 5. The number of rotatable bonds is 8. The van der Waals surface area contributed by atoms with Gasteiger partial charge in [0, 0.05) is 19.6 Å². The fourth-order valence-electron chi connectivity index (χ4n) is 3.94. The average Bonchev–Trinajstić information content (AvgIpc) is 3.11. The molecule has 1 aromatic rings. The predicted octanol–water partition coefficient (Wildman–Crippen LogP) is 2.94. The summed E-state index contributed by atoms with van der Waals surface area (Å²) in [5.74, 6) is -1.02. The van der Waals surface area contributed by atoms with E-state index >= 15 is 0 Å². The molecule has 2 saturated heterocycles. The van der Waals surface area contributed by atoms with Crippen LogP contribution in [0.25, 0.3) is 0 Å². The molecule has 0 amide bonds. The molecule has 29 heavy (non-hydrogen) atoms. The number of carbonyl (C=O) groups is 1. The molecule has 2 aliphatic heterocycles. The molecule has 3 rings (SSSR count). The number of carbonyl (C=O) groups excluding carboxylic acids is 1. The first kappa shape index (κ1) is 22.2. The van der Waals surface area contributed by atoms with Crippen molar-refractivity contribution in [2.24, 2.45) is 0 Å². The monoisotopic (exact) mass is 407 g/mol. The topological polar surface area (TPSA) is 75.3 Å². The van der Waals surface area contributed by atoms with Crippen LogP contribution in [0.2, 0.25) is 0 Å². The minimum Gasteiger partial charge on any atom is -0.462 e. The zero-order valence-electron chi connectivity index (χ0n) is 18.1. The van der Waals surface area contributed by atoms with Crippen LogP contribution in [-0.4, -0.2) is 55.6 Å². The first-order chi connectivity index (χ1) is 13.7. The van der Waals surface area contributed by atoms with Gasteiger partial charge in [0.2, 0.25) is 0 Å². The first-order valence-electron chi connectivity index (χ1n) is 10.3. The molecule has 2 aliphatic rings. The van der Waals surface area contributed by atoms with Crippen molar-refractivity contribution < 1.29 is 28.5 Å². The third kappa shape index (κ3) is 5.35. The maximum absolute atomic E-state index is 12.8. The summed E-state index contributed by atoms with van der Waals surface area (Å²) in [6.07, 6.45) is -1.33. The second kappa shape index (κ2) is 9.10. The lowest BCUT2D eigenvalue weighted by atomic mass is 10.0. The van der Waals surface area contributed by atoms with Gasteiger partial charge < -0.3 is 23.7 Å². The van der Waals surface area contributed by atoms with Crippen molar-refractivity contribution in [1.29, 1.82) is 0 Å². The molecule has 0 saturated carbocycles. The first-order valence-corrected chi connectivity index (χ1v) is 10.3. The lowest BCUT2D eigenvalue weighted by Crippen LogP contribution is -2.46. The van der Waals surface area contributed by atoms with E-state index in [-0.39, 0.29) is 36.4 Å². The highest BCUT2D eigenvalue weighted by molar-refractivity contribution is 5.76. The molecule has 6 atom stereocenters. The van der Waals surface area contributed by atoms with Gasteiger partial charge in [-0.3, -0.25) is 10.1 Å². The molecule has 2 fully saturated rings. The number of esters is 1. The van der Waals surface area contributed by atoms with E-state index in [4.69, 9.17) is 23.7 Å². The molecule has 0 bridgehead atoms. The van der Waals surface area contributed by atoms with Gasteiger partial charge in [-0.1, -0.05) is 30.3 Å². The molecule has 0 aliphatic carbocycles. The summed E-state index contributed by atoms with van der Waals surface area (Å²) in [4.78, 5) is 12.8. The van der Waals surface area contributed by atoms with Crippen LogP contribution in [-0.2, 0) is 28.5 Å². The Hall–Kier alpha value is -1.51. The summed E-state index contributed by atoms with van der Waals surface area (Å²) >= 11 is 0. The molecular formula is C22H33NO6. The van der Waals surface area contributed by atoms with Gasteiger partial charge in [-0.25, -0.2) is 0 Å². The van der Waals surface area contributed by atoms with Crippen LogP contribution < -0.4 is 5.32 Å². The third-order valence-corrected chi connectivity index (χ3v) is 5.21. The largest absolute Gasteiger partial charge is 0.462 e. The fraction of sp³-hybridized carbons (Fsp3) is 0.682. The lowest BCUT2D eigenvalue weighted by molar-refractivity contribution is -0.218. The second-order valence-corrected chi connectivity index (χ2v) is 8.42. The van der Waals surface area contributed by atoms with E-state index in [1.165, 1.54) is 0 Å². The molecule has 162 valence electrons. The highest BCUT2D eigenvalue weighted by Crippen LogP contribution is 2.39. The van der Waals surface area contributed by atoms with Crippen molar-refractivity contribution in [1.82, 2.24) is 5.32 Å². The van der Waals surface area contributed by atoms with Gasteiger partial charge in [0.1, 0.15) is 18.2 Å². The average molecular weight is 408 g/mol. The summed E-state index contributed by atoms with van der Waals surface area (Å²) in [6, 6.07) is 9.40. The molecule has 0 radical (unpaired) electrons. The molecular weight excluding hydrogens is 374 g/mol. The smallest absolute Gasteiger partial charge is 0.323 e. The number of benzene rings is 1. The van der Waals surface area contributed by atoms with Crippen LogP contribution in [0.4, 0.5) is 0 Å². The molecule has 0 unspecified atom stereocenters. The minimum atomic E-state index is -0.715. The Morgan fingerprint density at radius 3 is 2.48 bits per heavy atom. The fourth-order valence-corrected chi connectivity index (χ4v) is 3.94. The van der Waals surface area contributed by atoms with Crippen molar-refractivity contribution in [2.75, 3.05) is 7.11 Å². The Morgan fingerprint density at radius 1 is 1.17 bits per heavy atom. The maximum Gasteiger partial charge on any atom is 0.323 e. The van der Waals surface area contributed by atoms with E-state index in [1.54, 1.807) is 7.11 Å². The number of hydrogen-bond donors (Lipinski definition) is 1. The number of hydrogen-bond acceptors (Lipinski definition) is 7. The van der Waals surface area contributed by atoms with E-state index < -0.39 is 18.1 Å². The molecule has 0 spiro atoms. The van der Waals surface area contributed by atoms with Crippen LogP contribution in [0.3, 0.4) is 0 Å². The van der Waals surface area contributed by atoms with E-state index in [9.17, 15) is 4.79 Å². The summed E-state index contributed by atoms with van der Waals surface area (Å²) in [7, 11) is 1.62. The number of nitrogens with one attached hydrogen (secondary N) is 1. The molecule has 2 heterocycles. The standard InChI is InChI=1S/C22H33NO6/c1-13(2)26-20(24)16(23-14(3)15-10-8-7-9-11-15)12-17-18(25-6)19-21(27-17)29-22(4,5)28-19/h7-11,13-14,16-19,21,23H,12H2,1-6H3/t14-,16-,17+,18-,19+,21+/m0/s1. The Kier molecular flexibility index (Phi) is 6.96. The summed E-state index contributed by atoms with van der Waals surface area (Å²) in [5.41, 5.74) is 1.09. The van der Waals surface area contributed by atoms with Gasteiger partial charge in [0.15, 0.2) is 12.1 Å². The Bertz CT molecular complexity index is 679. The molecule has 1 aromatic carbocycles. The molecule has 7 nitrogen and oxygen atoms in total. The SMILES string of the molecule is CO[C@@H]1[C@H]2OC(C)(C)O[C@H]2O[C@@H]1C[C@H](N[C@@H](C)c1ccccc1)C(=O)OC(C)C. The molecule has 0 aromatic heterocycles. The Morgan fingerprint density at radius 2 is 1.86 bits per heavy atom. The quantitative estimate of drug-likeness (QED) is 0.664. The van der Waals surface area contributed by atoms with Gasteiger partial charge in [-0.05, 0) is 40.2 Å². The van der Waals surface area contributed by atoms with Gasteiger partial charge in [-0.15, -0.1) is 0 Å². The normalized spacial score (nSPS) is 30.2. The molecule has 7 heteroatoms. The molecule has 1 N–H and O–H groups in total. The van der Waals surface area contributed by atoms with Crippen molar-refractivity contribution in [2.45, 2.75) is 89.6 Å². The van der Waals surface area contributed by atoms with E-state index in [0.29, 0.717) is 6.42 Å². The highest BCUT2D eigenvalue weighted by Gasteiger charge is 2.55. The van der Waals surface area contributed by atoms with Crippen molar-refractivity contribution >= 4 is 5.97 Å². The van der Waals surface area contributed by atoms with Crippen LogP contribution in [0.1, 0.15) is 52.6 Å². The van der Waals surface area contributed by atoms with Crippen LogP contribution in [0, 0.1) is 0 Å². The van der Waals surface area contributed by atoms with Crippen LogP contribution in [0.15, 0.2) is 30.3 Å². The van der Waals surface area contributed by atoms with Crippen molar-refractivity contribution in [3.05, 3.63) is 35.9 Å². The van der Waals surface area contributed by atoms with E-state index in [1.807, 2.05) is 65.0 Å².